The van der Waals surface area contributed by atoms with E-state index in [1.54, 1.807) is 31.2 Å². The first kappa shape index (κ1) is 10.9. The summed E-state index contributed by atoms with van der Waals surface area (Å²) in [4.78, 5) is 0. The second-order valence-electron chi connectivity index (χ2n) is 3.45. The van der Waals surface area contributed by atoms with Gasteiger partial charge in [-0.1, -0.05) is 24.3 Å². The van der Waals surface area contributed by atoms with Crippen molar-refractivity contribution in [1.29, 1.82) is 0 Å². The lowest BCUT2D eigenvalue weighted by Crippen LogP contribution is -2.31. The third kappa shape index (κ3) is 3.28. The van der Waals surface area contributed by atoms with Crippen molar-refractivity contribution in [2.75, 3.05) is 6.54 Å². The first-order chi connectivity index (χ1) is 6.53. The van der Waals surface area contributed by atoms with Crippen LogP contribution >= 0.6 is 0 Å². The monoisotopic (exact) mass is 195 g/mol. The maximum absolute atomic E-state index is 12.5. The van der Waals surface area contributed by atoms with Crippen molar-refractivity contribution in [2.24, 2.45) is 5.73 Å². The first-order valence-electron chi connectivity index (χ1n) is 4.41. The fraction of sp³-hybridized carbons (Fsp3) is 0.273. The largest absolute Gasteiger partial charge is 0.385 e. The van der Waals surface area contributed by atoms with Crippen molar-refractivity contribution in [2.45, 2.75) is 12.5 Å². The number of rotatable bonds is 3. The van der Waals surface area contributed by atoms with Gasteiger partial charge in [0.05, 0.1) is 5.60 Å². The Morgan fingerprint density at radius 3 is 2.50 bits per heavy atom. The van der Waals surface area contributed by atoms with Gasteiger partial charge in [-0.3, -0.25) is 0 Å². The lowest BCUT2D eigenvalue weighted by atomic mass is 10.1. The molecule has 1 atom stereocenters. The highest BCUT2D eigenvalue weighted by Gasteiger charge is 2.12. The highest BCUT2D eigenvalue weighted by molar-refractivity contribution is 5.50. The molecule has 3 N–H and O–H groups in total. The highest BCUT2D eigenvalue weighted by Crippen LogP contribution is 2.09. The van der Waals surface area contributed by atoms with Crippen LogP contribution in [0, 0.1) is 5.82 Å². The minimum absolute atomic E-state index is 0.157. The SMILES string of the molecule is CC(O)(/C=C/c1ccc(F)cc1)CN. The minimum atomic E-state index is -1.01. The standard InChI is InChI=1S/C11H14FNO/c1-11(14,8-13)7-6-9-2-4-10(12)5-3-9/h2-7,14H,8,13H2,1H3/b7-6+. The lowest BCUT2D eigenvalue weighted by molar-refractivity contribution is 0.122. The van der Waals surface area contributed by atoms with Crippen LogP contribution < -0.4 is 5.73 Å². The molecular formula is C11H14FNO. The molecule has 0 aliphatic carbocycles. The van der Waals surface area contributed by atoms with E-state index in [0.717, 1.165) is 5.56 Å². The fourth-order valence-corrected chi connectivity index (χ4v) is 0.918. The van der Waals surface area contributed by atoms with Crippen LogP contribution in [-0.2, 0) is 0 Å². The van der Waals surface area contributed by atoms with Gasteiger partial charge in [-0.15, -0.1) is 0 Å². The molecule has 0 heterocycles. The summed E-state index contributed by atoms with van der Waals surface area (Å²) >= 11 is 0. The predicted molar refractivity (Wildman–Crippen MR) is 55.1 cm³/mol. The van der Waals surface area contributed by atoms with Gasteiger partial charge >= 0.3 is 0 Å². The molecule has 0 spiro atoms. The molecule has 0 aliphatic heterocycles. The zero-order valence-electron chi connectivity index (χ0n) is 8.07. The lowest BCUT2D eigenvalue weighted by Gasteiger charge is -2.15. The van der Waals surface area contributed by atoms with Crippen molar-refractivity contribution < 1.29 is 9.50 Å². The highest BCUT2D eigenvalue weighted by atomic mass is 19.1. The zero-order chi connectivity index (χ0) is 10.6. The number of nitrogens with two attached hydrogens (primary N) is 1. The van der Waals surface area contributed by atoms with Crippen LogP contribution in [0.15, 0.2) is 30.3 Å². The summed E-state index contributed by atoms with van der Waals surface area (Å²) < 4.78 is 12.5. The van der Waals surface area contributed by atoms with Crippen LogP contribution in [0.25, 0.3) is 6.08 Å². The molecule has 0 amide bonds. The third-order valence-corrected chi connectivity index (χ3v) is 1.92. The maximum atomic E-state index is 12.5. The molecule has 0 saturated carbocycles. The van der Waals surface area contributed by atoms with Gasteiger partial charge in [-0.2, -0.15) is 0 Å². The zero-order valence-corrected chi connectivity index (χ0v) is 8.07. The normalized spacial score (nSPS) is 15.7. The summed E-state index contributed by atoms with van der Waals surface area (Å²) in [5.41, 5.74) is 5.16. The second-order valence-corrected chi connectivity index (χ2v) is 3.45. The molecule has 0 fully saturated rings. The van der Waals surface area contributed by atoms with Gasteiger partial charge in [-0.05, 0) is 24.6 Å². The van der Waals surface area contributed by atoms with Gasteiger partial charge < -0.3 is 10.8 Å². The molecule has 1 unspecified atom stereocenters. The van der Waals surface area contributed by atoms with Crippen LogP contribution in [0.4, 0.5) is 4.39 Å². The van der Waals surface area contributed by atoms with E-state index < -0.39 is 5.60 Å². The predicted octanol–water partition coefficient (Wildman–Crippen LogP) is 1.55. The number of halogens is 1. The van der Waals surface area contributed by atoms with Gasteiger partial charge in [0.25, 0.3) is 0 Å². The summed E-state index contributed by atoms with van der Waals surface area (Å²) in [7, 11) is 0. The fourth-order valence-electron chi connectivity index (χ4n) is 0.918. The minimum Gasteiger partial charge on any atom is -0.385 e. The van der Waals surface area contributed by atoms with E-state index >= 15 is 0 Å². The quantitative estimate of drug-likeness (QED) is 0.768. The Hall–Kier alpha value is -1.19. The molecule has 0 aliphatic rings. The average Bonchev–Trinajstić information content (AvgIpc) is 2.17. The molecule has 0 bridgehead atoms. The molecule has 14 heavy (non-hydrogen) atoms. The Morgan fingerprint density at radius 2 is 2.00 bits per heavy atom. The molecule has 0 saturated heterocycles. The molecule has 1 aromatic carbocycles. The third-order valence-electron chi connectivity index (χ3n) is 1.92. The number of aliphatic hydroxyl groups is 1. The van der Waals surface area contributed by atoms with Crippen molar-refractivity contribution in [3.05, 3.63) is 41.7 Å². The van der Waals surface area contributed by atoms with E-state index in [1.807, 2.05) is 0 Å². The van der Waals surface area contributed by atoms with Gasteiger partial charge in [-0.25, -0.2) is 4.39 Å². The van der Waals surface area contributed by atoms with Crippen molar-refractivity contribution in [3.8, 4) is 0 Å². The van der Waals surface area contributed by atoms with Gasteiger partial charge in [0.1, 0.15) is 5.82 Å². The Morgan fingerprint density at radius 1 is 1.43 bits per heavy atom. The number of hydrogen-bond donors (Lipinski definition) is 2. The summed E-state index contributed by atoms with van der Waals surface area (Å²) in [6, 6.07) is 6.02. The van der Waals surface area contributed by atoms with Crippen LogP contribution in [0.5, 0.6) is 0 Å². The molecule has 76 valence electrons. The second kappa shape index (κ2) is 4.35. The Labute approximate surface area is 82.9 Å². The van der Waals surface area contributed by atoms with Crippen molar-refractivity contribution in [1.82, 2.24) is 0 Å². The Kier molecular flexibility index (Phi) is 3.38. The topological polar surface area (TPSA) is 46.2 Å². The van der Waals surface area contributed by atoms with Crippen molar-refractivity contribution in [3.63, 3.8) is 0 Å². The summed E-state index contributed by atoms with van der Waals surface area (Å²) in [5, 5.41) is 9.55. The molecule has 0 aromatic heterocycles. The molecule has 1 aromatic rings. The van der Waals surface area contributed by atoms with Crippen LogP contribution in [-0.4, -0.2) is 17.3 Å². The van der Waals surface area contributed by atoms with Gasteiger partial charge in [0.15, 0.2) is 0 Å². The summed E-state index contributed by atoms with van der Waals surface area (Å²) in [6.07, 6.45) is 3.31. The van der Waals surface area contributed by atoms with E-state index in [0.29, 0.717) is 0 Å². The Balaban J connectivity index is 2.74. The molecule has 0 radical (unpaired) electrons. The van der Waals surface area contributed by atoms with E-state index in [4.69, 9.17) is 5.73 Å². The summed E-state index contributed by atoms with van der Waals surface area (Å²) in [5.74, 6) is -0.271. The van der Waals surface area contributed by atoms with Gasteiger partial charge in [0.2, 0.25) is 0 Å². The molecule has 1 rings (SSSR count). The molecule has 3 heteroatoms. The van der Waals surface area contributed by atoms with E-state index in [2.05, 4.69) is 0 Å². The average molecular weight is 195 g/mol. The molecule has 2 nitrogen and oxygen atoms in total. The number of hydrogen-bond acceptors (Lipinski definition) is 2. The van der Waals surface area contributed by atoms with Crippen LogP contribution in [0.1, 0.15) is 12.5 Å². The maximum Gasteiger partial charge on any atom is 0.123 e. The van der Waals surface area contributed by atoms with E-state index in [1.165, 1.54) is 12.1 Å². The van der Waals surface area contributed by atoms with E-state index in [9.17, 15) is 9.50 Å². The van der Waals surface area contributed by atoms with E-state index in [-0.39, 0.29) is 12.4 Å². The molecular weight excluding hydrogens is 181 g/mol. The summed E-state index contributed by atoms with van der Waals surface area (Å²) in [6.45, 7) is 1.78. The van der Waals surface area contributed by atoms with Crippen LogP contribution in [0.3, 0.4) is 0 Å². The van der Waals surface area contributed by atoms with Gasteiger partial charge in [0, 0.05) is 6.54 Å². The first-order valence-corrected chi connectivity index (χ1v) is 4.41. The van der Waals surface area contributed by atoms with Crippen molar-refractivity contribution >= 4 is 6.08 Å². The van der Waals surface area contributed by atoms with Crippen LogP contribution in [0.2, 0.25) is 0 Å². The Bertz CT molecular complexity index is 317. The smallest absolute Gasteiger partial charge is 0.123 e. The number of benzene rings is 1.